The van der Waals surface area contributed by atoms with Gasteiger partial charge in [0.25, 0.3) is 0 Å². The number of hydrogen-bond donors (Lipinski definition) is 0. The van der Waals surface area contributed by atoms with Gasteiger partial charge in [0.15, 0.2) is 5.78 Å². The monoisotopic (exact) mass is 355 g/mol. The molecule has 1 aliphatic rings. The van der Waals surface area contributed by atoms with Crippen LogP contribution in [0.4, 0.5) is 0 Å². The van der Waals surface area contributed by atoms with Crippen LogP contribution in [-0.4, -0.2) is 23.3 Å². The molecule has 1 heterocycles. The van der Waals surface area contributed by atoms with Gasteiger partial charge in [0.2, 0.25) is 0 Å². The smallest absolute Gasteiger partial charge is 0.169 e. The highest BCUT2D eigenvalue weighted by atomic mass is 16.1. The van der Waals surface area contributed by atoms with Gasteiger partial charge in [0, 0.05) is 11.1 Å². The SMILES string of the molecule is CC1(C)Cc2ccc(C=O)cc2C(CC(=O)c2cccc3ccccc23)=N1. The van der Waals surface area contributed by atoms with Crippen LogP contribution in [0.25, 0.3) is 10.8 Å². The van der Waals surface area contributed by atoms with Crippen molar-refractivity contribution in [2.24, 2.45) is 4.99 Å². The number of aliphatic imine (C=N–C) groups is 1. The van der Waals surface area contributed by atoms with Gasteiger partial charge in [-0.2, -0.15) is 0 Å². The van der Waals surface area contributed by atoms with Crippen molar-refractivity contribution in [3.8, 4) is 0 Å². The molecule has 0 spiro atoms. The van der Waals surface area contributed by atoms with Crippen molar-refractivity contribution in [2.45, 2.75) is 32.2 Å². The Kier molecular flexibility index (Phi) is 4.23. The van der Waals surface area contributed by atoms with Crippen LogP contribution < -0.4 is 0 Å². The molecule has 0 aliphatic carbocycles. The zero-order valence-electron chi connectivity index (χ0n) is 15.5. The maximum Gasteiger partial charge on any atom is 0.169 e. The predicted octanol–water partition coefficient (Wildman–Crippen LogP) is 5.05. The van der Waals surface area contributed by atoms with E-state index in [-0.39, 0.29) is 17.7 Å². The van der Waals surface area contributed by atoms with E-state index in [4.69, 9.17) is 4.99 Å². The molecule has 0 unspecified atom stereocenters. The maximum atomic E-state index is 13.2. The highest BCUT2D eigenvalue weighted by Crippen LogP contribution is 2.30. The van der Waals surface area contributed by atoms with E-state index in [0.29, 0.717) is 11.1 Å². The number of carbonyl (C=O) groups excluding carboxylic acids is 2. The normalized spacial score (nSPS) is 15.1. The number of carbonyl (C=O) groups is 2. The summed E-state index contributed by atoms with van der Waals surface area (Å²) < 4.78 is 0. The van der Waals surface area contributed by atoms with E-state index in [1.54, 1.807) is 0 Å². The largest absolute Gasteiger partial charge is 0.298 e. The third-order valence-corrected chi connectivity index (χ3v) is 5.06. The summed E-state index contributed by atoms with van der Waals surface area (Å²) in [6, 6.07) is 19.4. The molecule has 1 aliphatic heterocycles. The van der Waals surface area contributed by atoms with E-state index in [2.05, 4.69) is 13.8 Å². The predicted molar refractivity (Wildman–Crippen MR) is 109 cm³/mol. The van der Waals surface area contributed by atoms with Crippen molar-refractivity contribution >= 4 is 28.6 Å². The van der Waals surface area contributed by atoms with Crippen LogP contribution in [0.15, 0.2) is 65.7 Å². The molecule has 134 valence electrons. The Balaban J connectivity index is 1.76. The Labute approximate surface area is 158 Å². The number of aldehydes is 1. The first kappa shape index (κ1) is 17.3. The average Bonchev–Trinajstić information content (AvgIpc) is 2.66. The summed E-state index contributed by atoms with van der Waals surface area (Å²) in [5.41, 5.74) is 3.90. The second-order valence-electron chi connectivity index (χ2n) is 7.71. The third-order valence-electron chi connectivity index (χ3n) is 5.06. The highest BCUT2D eigenvalue weighted by molar-refractivity contribution is 6.20. The van der Waals surface area contributed by atoms with E-state index in [0.717, 1.165) is 40.3 Å². The summed E-state index contributed by atoms with van der Waals surface area (Å²) in [6.45, 7) is 4.15. The summed E-state index contributed by atoms with van der Waals surface area (Å²) in [5.74, 6) is 0.0470. The topological polar surface area (TPSA) is 46.5 Å². The second kappa shape index (κ2) is 6.58. The van der Waals surface area contributed by atoms with Crippen molar-refractivity contribution in [3.05, 3.63) is 82.9 Å². The van der Waals surface area contributed by atoms with Crippen LogP contribution in [0.3, 0.4) is 0 Å². The van der Waals surface area contributed by atoms with Gasteiger partial charge in [-0.1, -0.05) is 54.6 Å². The molecule has 4 rings (SSSR count). The van der Waals surface area contributed by atoms with Gasteiger partial charge in [0.1, 0.15) is 6.29 Å². The van der Waals surface area contributed by atoms with Crippen molar-refractivity contribution in [3.63, 3.8) is 0 Å². The zero-order valence-corrected chi connectivity index (χ0v) is 15.5. The summed E-state index contributed by atoms with van der Waals surface area (Å²) in [5, 5.41) is 2.01. The van der Waals surface area contributed by atoms with E-state index in [1.807, 2.05) is 60.7 Å². The van der Waals surface area contributed by atoms with Crippen molar-refractivity contribution < 1.29 is 9.59 Å². The first-order chi connectivity index (χ1) is 13.0. The lowest BCUT2D eigenvalue weighted by molar-refractivity contribution is 0.100. The molecular formula is C24H21NO2. The first-order valence-corrected chi connectivity index (χ1v) is 9.15. The fraction of sp³-hybridized carbons (Fsp3) is 0.208. The minimum atomic E-state index is -0.260. The van der Waals surface area contributed by atoms with Crippen LogP contribution in [0, 0.1) is 0 Å². The lowest BCUT2D eigenvalue weighted by Crippen LogP contribution is -2.30. The van der Waals surface area contributed by atoms with Crippen molar-refractivity contribution in [2.75, 3.05) is 0 Å². The Morgan fingerprint density at radius 3 is 2.67 bits per heavy atom. The lowest BCUT2D eigenvalue weighted by atomic mass is 9.84. The third kappa shape index (κ3) is 3.33. The number of fused-ring (bicyclic) bond motifs is 2. The lowest BCUT2D eigenvalue weighted by Gasteiger charge is -2.29. The van der Waals surface area contributed by atoms with Gasteiger partial charge in [-0.25, -0.2) is 0 Å². The summed E-state index contributed by atoms with van der Waals surface area (Å²) >= 11 is 0. The highest BCUT2D eigenvalue weighted by Gasteiger charge is 2.28. The molecule has 3 heteroatoms. The van der Waals surface area contributed by atoms with Gasteiger partial charge >= 0.3 is 0 Å². The maximum absolute atomic E-state index is 13.2. The Hall–Kier alpha value is -3.07. The molecular weight excluding hydrogens is 334 g/mol. The van der Waals surface area contributed by atoms with E-state index >= 15 is 0 Å². The molecule has 27 heavy (non-hydrogen) atoms. The fourth-order valence-electron chi connectivity index (χ4n) is 3.87. The summed E-state index contributed by atoms with van der Waals surface area (Å²) in [7, 11) is 0. The minimum absolute atomic E-state index is 0.0470. The zero-order chi connectivity index (χ0) is 19.0. The Bertz CT molecular complexity index is 1090. The Morgan fingerprint density at radius 1 is 1.07 bits per heavy atom. The van der Waals surface area contributed by atoms with Crippen molar-refractivity contribution in [1.82, 2.24) is 0 Å². The molecule has 0 atom stereocenters. The molecule has 0 saturated heterocycles. The summed E-state index contributed by atoms with van der Waals surface area (Å²) in [6.07, 6.45) is 1.87. The molecule has 3 nitrogen and oxygen atoms in total. The van der Waals surface area contributed by atoms with Gasteiger partial charge in [0.05, 0.1) is 17.7 Å². The van der Waals surface area contributed by atoms with Gasteiger partial charge in [-0.15, -0.1) is 0 Å². The molecule has 0 radical (unpaired) electrons. The van der Waals surface area contributed by atoms with E-state index in [1.165, 1.54) is 0 Å². The molecule has 0 bridgehead atoms. The molecule has 0 fully saturated rings. The number of nitrogens with zero attached hydrogens (tertiary/aromatic N) is 1. The van der Waals surface area contributed by atoms with Crippen molar-refractivity contribution in [1.29, 1.82) is 0 Å². The number of hydrogen-bond acceptors (Lipinski definition) is 3. The number of rotatable bonds is 4. The molecule has 3 aromatic rings. The van der Waals surface area contributed by atoms with E-state index < -0.39 is 0 Å². The van der Waals surface area contributed by atoms with Crippen LogP contribution in [-0.2, 0) is 6.42 Å². The van der Waals surface area contributed by atoms with Crippen LogP contribution >= 0.6 is 0 Å². The molecule has 0 N–H and O–H groups in total. The quantitative estimate of drug-likeness (QED) is 0.486. The Morgan fingerprint density at radius 2 is 1.85 bits per heavy atom. The summed E-state index contributed by atoms with van der Waals surface area (Å²) in [4.78, 5) is 29.2. The standard InChI is InChI=1S/C24H21NO2/c1-24(2)14-18-11-10-16(15-26)12-21(18)22(25-24)13-23(27)20-9-5-7-17-6-3-4-8-19(17)20/h3-12,15H,13-14H2,1-2H3. The fourth-order valence-corrected chi connectivity index (χ4v) is 3.87. The second-order valence-corrected chi connectivity index (χ2v) is 7.71. The number of ketones is 1. The minimum Gasteiger partial charge on any atom is -0.298 e. The number of Topliss-reactive ketones (excluding diaryl/α,β-unsaturated/α-hetero) is 1. The molecule has 0 amide bonds. The van der Waals surface area contributed by atoms with Crippen LogP contribution in [0.5, 0.6) is 0 Å². The van der Waals surface area contributed by atoms with E-state index in [9.17, 15) is 9.59 Å². The van der Waals surface area contributed by atoms with Crippen LogP contribution in [0.2, 0.25) is 0 Å². The van der Waals surface area contributed by atoms with Gasteiger partial charge in [-0.3, -0.25) is 14.6 Å². The molecule has 0 aromatic heterocycles. The molecule has 3 aromatic carbocycles. The van der Waals surface area contributed by atoms with Crippen LogP contribution in [0.1, 0.15) is 52.1 Å². The van der Waals surface area contributed by atoms with Gasteiger partial charge in [-0.05, 0) is 48.2 Å². The molecule has 0 saturated carbocycles. The first-order valence-electron chi connectivity index (χ1n) is 9.15. The van der Waals surface area contributed by atoms with Gasteiger partial charge < -0.3 is 0 Å². The average molecular weight is 355 g/mol. The number of benzene rings is 3.